The second-order valence-corrected chi connectivity index (χ2v) is 3.15. The fourth-order valence-corrected chi connectivity index (χ4v) is 1.56. The average Bonchev–Trinajstić information content (AvgIpc) is 2.21. The van der Waals surface area contributed by atoms with Crippen molar-refractivity contribution in [3.63, 3.8) is 0 Å². The molecule has 0 saturated heterocycles. The topological polar surface area (TPSA) is 12.4 Å². The normalized spacial score (nSPS) is 15.8. The zero-order valence-electron chi connectivity index (χ0n) is 7.74. The Kier molecular flexibility index (Phi) is 4.83. The second-order valence-electron chi connectivity index (χ2n) is 3.15. The van der Waals surface area contributed by atoms with Gasteiger partial charge >= 0.3 is 0 Å². The molecule has 0 aliphatic carbocycles. The van der Waals surface area contributed by atoms with Crippen LogP contribution < -0.4 is 0 Å². The van der Waals surface area contributed by atoms with Crippen molar-refractivity contribution in [3.05, 3.63) is 35.9 Å². The zero-order chi connectivity index (χ0) is 8.23. The fourth-order valence-electron chi connectivity index (χ4n) is 1.56. The van der Waals surface area contributed by atoms with E-state index in [1.807, 2.05) is 6.07 Å². The SMILES string of the molecule is [Y].c1ccc(C2=NCCCC2)cc1. The predicted octanol–water partition coefficient (Wildman–Crippen LogP) is 2.66. The maximum Gasteiger partial charge on any atom is 0.0420 e. The molecule has 0 atom stereocenters. The molecule has 13 heavy (non-hydrogen) atoms. The molecule has 0 aromatic heterocycles. The Morgan fingerprint density at radius 3 is 2.38 bits per heavy atom. The van der Waals surface area contributed by atoms with E-state index in [0.29, 0.717) is 0 Å². The first-order valence-electron chi connectivity index (χ1n) is 4.55. The Bertz CT molecular complexity index is 279. The van der Waals surface area contributed by atoms with Gasteiger partial charge in [0.15, 0.2) is 0 Å². The minimum absolute atomic E-state index is 0. The van der Waals surface area contributed by atoms with Gasteiger partial charge in [-0.25, -0.2) is 0 Å². The van der Waals surface area contributed by atoms with E-state index in [4.69, 9.17) is 0 Å². The molecule has 0 fully saturated rings. The molecule has 1 aliphatic rings. The maximum absolute atomic E-state index is 4.52. The van der Waals surface area contributed by atoms with Crippen molar-refractivity contribution in [3.8, 4) is 0 Å². The average molecular weight is 248 g/mol. The molecule has 1 nitrogen and oxygen atoms in total. The first kappa shape index (κ1) is 11.1. The molecule has 0 N–H and O–H groups in total. The number of hydrogen-bond donors (Lipinski definition) is 0. The number of rotatable bonds is 1. The quantitative estimate of drug-likeness (QED) is 0.724. The van der Waals surface area contributed by atoms with Crippen LogP contribution in [-0.4, -0.2) is 12.3 Å². The van der Waals surface area contributed by atoms with Crippen LogP contribution >= 0.6 is 0 Å². The summed E-state index contributed by atoms with van der Waals surface area (Å²) >= 11 is 0. The predicted molar refractivity (Wildman–Crippen MR) is 51.7 cm³/mol. The third kappa shape index (κ3) is 3.00. The minimum Gasteiger partial charge on any atom is -0.289 e. The Hall–Kier alpha value is -0.00610. The molecule has 0 amide bonds. The number of benzene rings is 1. The van der Waals surface area contributed by atoms with Gasteiger partial charge in [-0.15, -0.1) is 0 Å². The van der Waals surface area contributed by atoms with E-state index >= 15 is 0 Å². The molecule has 1 heterocycles. The van der Waals surface area contributed by atoms with E-state index < -0.39 is 0 Å². The van der Waals surface area contributed by atoms with E-state index in [-0.39, 0.29) is 32.7 Å². The van der Waals surface area contributed by atoms with Crippen LogP contribution in [0.3, 0.4) is 0 Å². The monoisotopic (exact) mass is 248 g/mol. The van der Waals surface area contributed by atoms with Crippen molar-refractivity contribution in [2.45, 2.75) is 19.3 Å². The summed E-state index contributed by atoms with van der Waals surface area (Å²) in [6.45, 7) is 1.02. The Labute approximate surface area is 105 Å². The van der Waals surface area contributed by atoms with Gasteiger partial charge in [0, 0.05) is 45.0 Å². The Balaban J connectivity index is 0.000000845. The number of nitrogens with zero attached hydrogens (tertiary/aromatic N) is 1. The standard InChI is InChI=1S/C11H13N.Y/c1-2-6-10(7-3-1)11-8-4-5-9-12-11;/h1-3,6-7H,4-5,8-9H2;. The molecular weight excluding hydrogens is 235 g/mol. The van der Waals surface area contributed by atoms with Crippen molar-refractivity contribution in [1.29, 1.82) is 0 Å². The molecule has 0 spiro atoms. The van der Waals surface area contributed by atoms with Crippen LogP contribution in [0.5, 0.6) is 0 Å². The summed E-state index contributed by atoms with van der Waals surface area (Å²) in [5.41, 5.74) is 2.60. The summed E-state index contributed by atoms with van der Waals surface area (Å²) in [6, 6.07) is 10.5. The number of aliphatic imine (C=N–C) groups is 1. The Morgan fingerprint density at radius 1 is 1.00 bits per heavy atom. The molecule has 1 aromatic carbocycles. The molecule has 0 bridgehead atoms. The van der Waals surface area contributed by atoms with Crippen LogP contribution in [-0.2, 0) is 32.7 Å². The smallest absolute Gasteiger partial charge is 0.0420 e. The molecule has 0 unspecified atom stereocenters. The third-order valence-corrected chi connectivity index (χ3v) is 2.23. The summed E-state index contributed by atoms with van der Waals surface area (Å²) in [6.07, 6.45) is 3.72. The van der Waals surface area contributed by atoms with Crippen LogP contribution in [0.25, 0.3) is 0 Å². The first-order valence-corrected chi connectivity index (χ1v) is 4.55. The molecular formula is C11H13NY. The third-order valence-electron chi connectivity index (χ3n) is 2.23. The van der Waals surface area contributed by atoms with Crippen molar-refractivity contribution >= 4 is 5.71 Å². The molecule has 2 heteroatoms. The van der Waals surface area contributed by atoms with Crippen molar-refractivity contribution in [2.75, 3.05) is 6.54 Å². The molecule has 1 aromatic rings. The van der Waals surface area contributed by atoms with Gasteiger partial charge in [0.2, 0.25) is 0 Å². The molecule has 1 aliphatic heterocycles. The van der Waals surface area contributed by atoms with Gasteiger partial charge in [-0.2, -0.15) is 0 Å². The summed E-state index contributed by atoms with van der Waals surface area (Å²) in [5.74, 6) is 0. The summed E-state index contributed by atoms with van der Waals surface area (Å²) < 4.78 is 0. The van der Waals surface area contributed by atoms with Gasteiger partial charge in [-0.3, -0.25) is 4.99 Å². The van der Waals surface area contributed by atoms with E-state index in [1.165, 1.54) is 24.1 Å². The maximum atomic E-state index is 4.52. The second kappa shape index (κ2) is 5.67. The van der Waals surface area contributed by atoms with Crippen molar-refractivity contribution in [1.82, 2.24) is 0 Å². The van der Waals surface area contributed by atoms with E-state index in [1.54, 1.807) is 0 Å². The summed E-state index contributed by atoms with van der Waals surface area (Å²) in [4.78, 5) is 4.52. The summed E-state index contributed by atoms with van der Waals surface area (Å²) in [7, 11) is 0. The minimum atomic E-state index is 0. The van der Waals surface area contributed by atoms with Gasteiger partial charge in [0.05, 0.1) is 0 Å². The molecule has 2 rings (SSSR count). The number of hydrogen-bond acceptors (Lipinski definition) is 1. The molecule has 65 valence electrons. The Morgan fingerprint density at radius 2 is 1.77 bits per heavy atom. The largest absolute Gasteiger partial charge is 0.289 e. The first-order chi connectivity index (χ1) is 5.97. The van der Waals surface area contributed by atoms with E-state index in [9.17, 15) is 0 Å². The van der Waals surface area contributed by atoms with Gasteiger partial charge < -0.3 is 0 Å². The van der Waals surface area contributed by atoms with Gasteiger partial charge in [-0.05, 0) is 24.8 Å². The van der Waals surface area contributed by atoms with Crippen molar-refractivity contribution < 1.29 is 32.7 Å². The van der Waals surface area contributed by atoms with Crippen LogP contribution in [0, 0.1) is 0 Å². The van der Waals surface area contributed by atoms with Gasteiger partial charge in [-0.1, -0.05) is 30.3 Å². The van der Waals surface area contributed by atoms with Gasteiger partial charge in [0.1, 0.15) is 0 Å². The van der Waals surface area contributed by atoms with Crippen LogP contribution in [0.2, 0.25) is 0 Å². The summed E-state index contributed by atoms with van der Waals surface area (Å²) in [5, 5.41) is 0. The zero-order valence-corrected chi connectivity index (χ0v) is 10.6. The molecule has 0 saturated carbocycles. The van der Waals surface area contributed by atoms with E-state index in [0.717, 1.165) is 13.0 Å². The van der Waals surface area contributed by atoms with Crippen LogP contribution in [0.15, 0.2) is 35.3 Å². The fraction of sp³-hybridized carbons (Fsp3) is 0.364. The molecule has 1 radical (unpaired) electrons. The van der Waals surface area contributed by atoms with Crippen LogP contribution in [0.4, 0.5) is 0 Å². The van der Waals surface area contributed by atoms with Crippen LogP contribution in [0.1, 0.15) is 24.8 Å². The van der Waals surface area contributed by atoms with Crippen molar-refractivity contribution in [2.24, 2.45) is 4.99 Å². The van der Waals surface area contributed by atoms with E-state index in [2.05, 4.69) is 29.3 Å². The van der Waals surface area contributed by atoms with Gasteiger partial charge in [0.25, 0.3) is 0 Å².